The molecule has 1 fully saturated rings. The van der Waals surface area contributed by atoms with Gasteiger partial charge < -0.3 is 15.0 Å². The Morgan fingerprint density at radius 3 is 2.71 bits per heavy atom. The van der Waals surface area contributed by atoms with Gasteiger partial charge in [-0.2, -0.15) is 0 Å². The molecule has 1 aromatic rings. The van der Waals surface area contributed by atoms with Crippen LogP contribution in [0.1, 0.15) is 18.1 Å². The lowest BCUT2D eigenvalue weighted by Gasteiger charge is -2.34. The summed E-state index contributed by atoms with van der Waals surface area (Å²) in [6.07, 6.45) is 0.316. The number of ether oxygens (including phenoxy) is 1. The normalized spacial score (nSPS) is 18.4. The molecule has 5 nitrogen and oxygen atoms in total. The summed E-state index contributed by atoms with van der Waals surface area (Å²) in [5, 5.41) is 3.14. The first-order valence-electron chi connectivity index (χ1n) is 7.34. The fourth-order valence-electron chi connectivity index (χ4n) is 2.43. The summed E-state index contributed by atoms with van der Waals surface area (Å²) in [7, 11) is 0. The van der Waals surface area contributed by atoms with Crippen LogP contribution in [0.4, 0.5) is 0 Å². The molecule has 1 aromatic carbocycles. The second-order valence-corrected chi connectivity index (χ2v) is 5.22. The van der Waals surface area contributed by atoms with Crippen molar-refractivity contribution in [2.45, 2.75) is 26.3 Å². The maximum atomic E-state index is 12.5. The molecular weight excluding hydrogens is 268 g/mol. The molecule has 0 radical (unpaired) electrons. The molecule has 0 spiro atoms. The predicted octanol–water partition coefficient (Wildman–Crippen LogP) is 0.901. The first-order chi connectivity index (χ1) is 10.1. The van der Waals surface area contributed by atoms with E-state index in [4.69, 9.17) is 4.74 Å². The van der Waals surface area contributed by atoms with Gasteiger partial charge in [0.05, 0.1) is 13.0 Å². The van der Waals surface area contributed by atoms with Crippen LogP contribution in [0, 0.1) is 6.92 Å². The van der Waals surface area contributed by atoms with Gasteiger partial charge in [0.15, 0.2) is 0 Å². The molecule has 1 aliphatic rings. The molecule has 114 valence electrons. The third kappa shape index (κ3) is 4.04. The molecule has 1 unspecified atom stereocenters. The quantitative estimate of drug-likeness (QED) is 0.837. The Morgan fingerprint density at radius 2 is 2.05 bits per heavy atom. The van der Waals surface area contributed by atoms with Crippen LogP contribution in [0.15, 0.2) is 24.3 Å². The fourth-order valence-corrected chi connectivity index (χ4v) is 2.43. The SMILES string of the molecule is CCOC(=O)C1CNCCN1C(=O)Cc1ccc(C)cc1. The van der Waals surface area contributed by atoms with E-state index in [0.29, 0.717) is 32.7 Å². The maximum absolute atomic E-state index is 12.5. The summed E-state index contributed by atoms with van der Waals surface area (Å²) in [5.74, 6) is -0.361. The number of carbonyl (C=O) groups is 2. The second-order valence-electron chi connectivity index (χ2n) is 5.22. The average molecular weight is 290 g/mol. The number of benzene rings is 1. The van der Waals surface area contributed by atoms with Gasteiger partial charge in [0.2, 0.25) is 5.91 Å². The highest BCUT2D eigenvalue weighted by Crippen LogP contribution is 2.11. The molecule has 1 heterocycles. The summed E-state index contributed by atoms with van der Waals surface area (Å²) < 4.78 is 5.05. The monoisotopic (exact) mass is 290 g/mol. The lowest BCUT2D eigenvalue weighted by molar-refractivity contribution is -0.155. The Kier molecular flexibility index (Phi) is 5.33. The molecule has 0 bridgehead atoms. The zero-order valence-electron chi connectivity index (χ0n) is 12.6. The molecule has 1 N–H and O–H groups in total. The van der Waals surface area contributed by atoms with Gasteiger partial charge in [0.1, 0.15) is 6.04 Å². The summed E-state index contributed by atoms with van der Waals surface area (Å²) >= 11 is 0. The topological polar surface area (TPSA) is 58.6 Å². The van der Waals surface area contributed by atoms with Gasteiger partial charge in [-0.05, 0) is 19.4 Å². The standard InChI is InChI=1S/C16H22N2O3/c1-3-21-16(20)14-11-17-8-9-18(14)15(19)10-13-6-4-12(2)5-7-13/h4-7,14,17H,3,8-11H2,1-2H3. The molecular formula is C16H22N2O3. The van der Waals surface area contributed by atoms with Crippen molar-refractivity contribution in [1.29, 1.82) is 0 Å². The van der Waals surface area contributed by atoms with Crippen molar-refractivity contribution in [3.63, 3.8) is 0 Å². The Hall–Kier alpha value is -1.88. The molecule has 1 amide bonds. The summed E-state index contributed by atoms with van der Waals surface area (Å²) in [6.45, 7) is 5.81. The Labute approximate surface area is 125 Å². The minimum Gasteiger partial charge on any atom is -0.464 e. The van der Waals surface area contributed by atoms with E-state index >= 15 is 0 Å². The van der Waals surface area contributed by atoms with Crippen molar-refractivity contribution >= 4 is 11.9 Å². The van der Waals surface area contributed by atoms with E-state index in [-0.39, 0.29) is 11.9 Å². The van der Waals surface area contributed by atoms with E-state index in [9.17, 15) is 9.59 Å². The lowest BCUT2D eigenvalue weighted by Crippen LogP contribution is -2.57. The summed E-state index contributed by atoms with van der Waals surface area (Å²) in [4.78, 5) is 26.0. The molecule has 21 heavy (non-hydrogen) atoms. The van der Waals surface area contributed by atoms with E-state index in [1.807, 2.05) is 31.2 Å². The van der Waals surface area contributed by atoms with Crippen molar-refractivity contribution in [1.82, 2.24) is 10.2 Å². The minimum absolute atomic E-state index is 0.0293. The van der Waals surface area contributed by atoms with E-state index in [2.05, 4.69) is 5.32 Å². The number of hydrogen-bond acceptors (Lipinski definition) is 4. The molecule has 0 saturated carbocycles. The third-order valence-electron chi connectivity index (χ3n) is 3.60. The van der Waals surface area contributed by atoms with Gasteiger partial charge >= 0.3 is 5.97 Å². The second kappa shape index (κ2) is 7.22. The minimum atomic E-state index is -0.517. The number of nitrogens with one attached hydrogen (secondary N) is 1. The van der Waals surface area contributed by atoms with Crippen LogP contribution in [0.3, 0.4) is 0 Å². The van der Waals surface area contributed by atoms with Crippen molar-refractivity contribution < 1.29 is 14.3 Å². The molecule has 1 saturated heterocycles. The molecule has 1 aliphatic heterocycles. The number of aryl methyl sites for hydroxylation is 1. The summed E-state index contributed by atoms with van der Waals surface area (Å²) in [5.41, 5.74) is 2.13. The number of piperazine rings is 1. The van der Waals surface area contributed by atoms with Crippen molar-refractivity contribution in [2.24, 2.45) is 0 Å². The molecule has 0 aliphatic carbocycles. The van der Waals surface area contributed by atoms with Gasteiger partial charge in [0, 0.05) is 19.6 Å². The van der Waals surface area contributed by atoms with Crippen LogP contribution < -0.4 is 5.32 Å². The predicted molar refractivity (Wildman–Crippen MR) is 79.9 cm³/mol. The van der Waals surface area contributed by atoms with E-state index in [0.717, 1.165) is 11.1 Å². The number of rotatable bonds is 4. The third-order valence-corrected chi connectivity index (χ3v) is 3.60. The van der Waals surface area contributed by atoms with Gasteiger partial charge in [-0.1, -0.05) is 29.8 Å². The Balaban J connectivity index is 2.04. The zero-order valence-corrected chi connectivity index (χ0v) is 12.6. The first-order valence-corrected chi connectivity index (χ1v) is 7.34. The molecule has 0 aromatic heterocycles. The smallest absolute Gasteiger partial charge is 0.330 e. The highest BCUT2D eigenvalue weighted by molar-refractivity contribution is 5.86. The van der Waals surface area contributed by atoms with Crippen LogP contribution in [-0.4, -0.2) is 49.1 Å². The number of carbonyl (C=O) groups excluding carboxylic acids is 2. The highest BCUT2D eigenvalue weighted by atomic mass is 16.5. The van der Waals surface area contributed by atoms with E-state index in [1.54, 1.807) is 11.8 Å². The van der Waals surface area contributed by atoms with Crippen LogP contribution in [0.25, 0.3) is 0 Å². The van der Waals surface area contributed by atoms with Crippen LogP contribution in [0.2, 0.25) is 0 Å². The van der Waals surface area contributed by atoms with Crippen LogP contribution >= 0.6 is 0 Å². The van der Waals surface area contributed by atoms with Crippen molar-refractivity contribution in [3.05, 3.63) is 35.4 Å². The number of nitrogens with zero attached hydrogens (tertiary/aromatic N) is 1. The van der Waals surface area contributed by atoms with Gasteiger partial charge in [-0.25, -0.2) is 4.79 Å². The average Bonchev–Trinajstić information content (AvgIpc) is 2.50. The van der Waals surface area contributed by atoms with Crippen molar-refractivity contribution in [2.75, 3.05) is 26.2 Å². The molecule has 5 heteroatoms. The highest BCUT2D eigenvalue weighted by Gasteiger charge is 2.32. The van der Waals surface area contributed by atoms with Crippen LogP contribution in [-0.2, 0) is 20.7 Å². The maximum Gasteiger partial charge on any atom is 0.330 e. The van der Waals surface area contributed by atoms with E-state index < -0.39 is 6.04 Å². The lowest BCUT2D eigenvalue weighted by atomic mass is 10.1. The van der Waals surface area contributed by atoms with E-state index in [1.165, 1.54) is 0 Å². The summed E-state index contributed by atoms with van der Waals surface area (Å²) in [6, 6.07) is 7.37. The van der Waals surface area contributed by atoms with Crippen LogP contribution in [0.5, 0.6) is 0 Å². The number of hydrogen-bond donors (Lipinski definition) is 1. The molecule has 2 rings (SSSR count). The Morgan fingerprint density at radius 1 is 1.33 bits per heavy atom. The number of esters is 1. The zero-order chi connectivity index (χ0) is 15.2. The van der Waals surface area contributed by atoms with Gasteiger partial charge in [0.25, 0.3) is 0 Å². The Bertz CT molecular complexity index is 499. The van der Waals surface area contributed by atoms with Crippen molar-refractivity contribution in [3.8, 4) is 0 Å². The largest absolute Gasteiger partial charge is 0.464 e. The first kappa shape index (κ1) is 15.5. The number of amides is 1. The molecule has 1 atom stereocenters. The van der Waals surface area contributed by atoms with Gasteiger partial charge in [-0.3, -0.25) is 4.79 Å². The fraction of sp³-hybridized carbons (Fsp3) is 0.500. The van der Waals surface area contributed by atoms with Gasteiger partial charge in [-0.15, -0.1) is 0 Å².